The molecule has 1 unspecified atom stereocenters. The topological polar surface area (TPSA) is 92.5 Å². The first-order valence-corrected chi connectivity index (χ1v) is 6.41. The highest BCUT2D eigenvalue weighted by atomic mass is 19.4. The van der Waals surface area contributed by atoms with Gasteiger partial charge in [-0.25, -0.2) is 0 Å². The minimum Gasteiger partial charge on any atom is -0.508 e. The molecule has 6 N–H and O–H groups in total. The van der Waals surface area contributed by atoms with Crippen LogP contribution in [0.4, 0.5) is 26.3 Å². The summed E-state index contributed by atoms with van der Waals surface area (Å²) in [6.07, 6.45) is -10.6. The number of phenolic OH excluding ortho intramolecular Hbond substituents is 1. The lowest BCUT2D eigenvalue weighted by Gasteiger charge is -2.35. The SMILES string of the molecule is NC1(N)C(C(F)(F)F)=CC(c2cc(O)cc(C(F)(F)F)c2)=CC1O. The summed E-state index contributed by atoms with van der Waals surface area (Å²) < 4.78 is 77.4. The summed E-state index contributed by atoms with van der Waals surface area (Å²) in [4.78, 5) is 0. The van der Waals surface area contributed by atoms with Crippen LogP contribution in [0.5, 0.6) is 5.75 Å². The van der Waals surface area contributed by atoms with Crippen molar-refractivity contribution in [3.63, 3.8) is 0 Å². The minimum absolute atomic E-state index is 0.376. The molecule has 1 aromatic rings. The van der Waals surface area contributed by atoms with Crippen LogP contribution in [0.1, 0.15) is 11.1 Å². The Labute approximate surface area is 131 Å². The number of benzene rings is 1. The zero-order valence-corrected chi connectivity index (χ0v) is 11.8. The third kappa shape index (κ3) is 3.40. The predicted octanol–water partition coefficient (Wildman–Crippen LogP) is 2.27. The molecule has 1 aliphatic carbocycles. The molecule has 0 saturated carbocycles. The lowest BCUT2D eigenvalue weighted by molar-refractivity contribution is -0.137. The summed E-state index contributed by atoms with van der Waals surface area (Å²) in [5.41, 5.74) is 4.39. The van der Waals surface area contributed by atoms with Crippen molar-refractivity contribution in [1.29, 1.82) is 0 Å². The van der Waals surface area contributed by atoms with Gasteiger partial charge in [0.25, 0.3) is 0 Å². The van der Waals surface area contributed by atoms with E-state index in [2.05, 4.69) is 0 Å². The second-order valence-electron chi connectivity index (χ2n) is 5.32. The van der Waals surface area contributed by atoms with Gasteiger partial charge >= 0.3 is 12.4 Å². The van der Waals surface area contributed by atoms with E-state index >= 15 is 0 Å². The molecule has 0 fully saturated rings. The zero-order chi connectivity index (χ0) is 18.5. The standard InChI is InChI=1S/C14H12F6N2O2/c15-13(16,17)8-1-6(2-9(23)5-8)7-3-10(14(18,19)20)12(21,22)11(24)4-7/h1-5,11,23-24H,21-22H2. The van der Waals surface area contributed by atoms with Crippen LogP contribution in [-0.2, 0) is 6.18 Å². The molecule has 2 rings (SSSR count). The minimum atomic E-state index is -5.01. The molecule has 0 amide bonds. The molecule has 0 saturated heterocycles. The average molecular weight is 354 g/mol. The summed E-state index contributed by atoms with van der Waals surface area (Å²) >= 11 is 0. The van der Waals surface area contributed by atoms with E-state index in [0.717, 1.165) is 12.1 Å². The summed E-state index contributed by atoms with van der Waals surface area (Å²) in [5.74, 6) is -0.797. The van der Waals surface area contributed by atoms with Crippen molar-refractivity contribution < 1.29 is 36.6 Å². The van der Waals surface area contributed by atoms with Crippen molar-refractivity contribution in [2.75, 3.05) is 0 Å². The first-order chi connectivity index (χ1) is 10.7. The van der Waals surface area contributed by atoms with Crippen LogP contribution < -0.4 is 11.5 Å². The van der Waals surface area contributed by atoms with E-state index in [9.17, 15) is 36.6 Å². The highest BCUT2D eigenvalue weighted by molar-refractivity contribution is 5.79. The van der Waals surface area contributed by atoms with Gasteiger partial charge in [0, 0.05) is 0 Å². The summed E-state index contributed by atoms with van der Waals surface area (Å²) in [7, 11) is 0. The molecule has 24 heavy (non-hydrogen) atoms. The second kappa shape index (κ2) is 5.50. The smallest absolute Gasteiger partial charge is 0.416 e. The molecule has 0 aliphatic heterocycles. The number of nitrogens with two attached hydrogens (primary N) is 2. The fraction of sp³-hybridized carbons (Fsp3) is 0.286. The molecule has 132 valence electrons. The maximum Gasteiger partial charge on any atom is 0.416 e. The van der Waals surface area contributed by atoms with Gasteiger partial charge in [-0.2, -0.15) is 26.3 Å². The van der Waals surface area contributed by atoms with Gasteiger partial charge in [0.2, 0.25) is 0 Å². The largest absolute Gasteiger partial charge is 0.508 e. The lowest BCUT2D eigenvalue weighted by Crippen LogP contribution is -2.63. The molecule has 0 aromatic heterocycles. The van der Waals surface area contributed by atoms with Gasteiger partial charge in [0.05, 0.1) is 11.1 Å². The Hall–Kier alpha value is -2.04. The number of halogens is 6. The van der Waals surface area contributed by atoms with E-state index < -0.39 is 46.6 Å². The lowest BCUT2D eigenvalue weighted by atomic mass is 9.84. The van der Waals surface area contributed by atoms with Crippen LogP contribution in [-0.4, -0.2) is 28.2 Å². The Morgan fingerprint density at radius 1 is 0.958 bits per heavy atom. The molecule has 1 atom stereocenters. The Balaban J connectivity index is 2.61. The van der Waals surface area contributed by atoms with Crippen LogP contribution in [0.2, 0.25) is 0 Å². The van der Waals surface area contributed by atoms with Gasteiger partial charge in [-0.1, -0.05) is 0 Å². The van der Waals surface area contributed by atoms with Gasteiger partial charge in [-0.05, 0) is 41.5 Å². The number of hydrogen-bond donors (Lipinski definition) is 4. The number of hydrogen-bond acceptors (Lipinski definition) is 4. The summed E-state index contributed by atoms with van der Waals surface area (Å²) in [6.45, 7) is 0. The van der Waals surface area contributed by atoms with Crippen molar-refractivity contribution in [2.45, 2.75) is 24.1 Å². The highest BCUT2D eigenvalue weighted by Gasteiger charge is 2.49. The van der Waals surface area contributed by atoms with E-state index in [1.807, 2.05) is 0 Å². The molecule has 0 spiro atoms. The Morgan fingerprint density at radius 2 is 1.54 bits per heavy atom. The van der Waals surface area contributed by atoms with Gasteiger partial charge < -0.3 is 21.7 Å². The van der Waals surface area contributed by atoms with E-state index in [1.54, 1.807) is 0 Å². The predicted molar refractivity (Wildman–Crippen MR) is 72.3 cm³/mol. The summed E-state index contributed by atoms with van der Waals surface area (Å²) in [6, 6.07) is 1.80. The van der Waals surface area contributed by atoms with Crippen LogP contribution in [0.15, 0.2) is 35.9 Å². The highest BCUT2D eigenvalue weighted by Crippen LogP contribution is 2.40. The Morgan fingerprint density at radius 3 is 2.04 bits per heavy atom. The molecule has 0 heterocycles. The third-order valence-corrected chi connectivity index (χ3v) is 3.48. The molecule has 10 heteroatoms. The first-order valence-electron chi connectivity index (χ1n) is 6.41. The third-order valence-electron chi connectivity index (χ3n) is 3.48. The number of allylic oxidation sites excluding steroid dienone is 2. The first kappa shape index (κ1) is 18.3. The number of aliphatic hydroxyl groups excluding tert-OH is 1. The Kier molecular flexibility index (Phi) is 4.20. The van der Waals surface area contributed by atoms with E-state index in [1.165, 1.54) is 0 Å². The van der Waals surface area contributed by atoms with E-state index in [4.69, 9.17) is 11.5 Å². The molecule has 4 nitrogen and oxygen atoms in total. The monoisotopic (exact) mass is 354 g/mol. The normalized spacial score (nSPS) is 21.3. The molecule has 1 aromatic carbocycles. The molecular formula is C14H12F6N2O2. The van der Waals surface area contributed by atoms with Crippen molar-refractivity contribution in [2.24, 2.45) is 11.5 Å². The second-order valence-corrected chi connectivity index (χ2v) is 5.32. The number of rotatable bonds is 1. The number of aromatic hydroxyl groups is 1. The van der Waals surface area contributed by atoms with Crippen LogP contribution >= 0.6 is 0 Å². The molecule has 0 radical (unpaired) electrons. The maximum absolute atomic E-state index is 13.1. The summed E-state index contributed by atoms with van der Waals surface area (Å²) in [5, 5.41) is 19.1. The maximum atomic E-state index is 13.1. The van der Waals surface area contributed by atoms with Gasteiger partial charge in [-0.3, -0.25) is 0 Å². The molecule has 0 bridgehead atoms. The van der Waals surface area contributed by atoms with Crippen molar-refractivity contribution in [3.05, 3.63) is 47.1 Å². The van der Waals surface area contributed by atoms with Gasteiger partial charge in [0.15, 0.2) is 0 Å². The van der Waals surface area contributed by atoms with Crippen molar-refractivity contribution in [3.8, 4) is 5.75 Å². The fourth-order valence-electron chi connectivity index (χ4n) is 2.24. The quantitative estimate of drug-likeness (QED) is 0.460. The van der Waals surface area contributed by atoms with Crippen LogP contribution in [0.3, 0.4) is 0 Å². The van der Waals surface area contributed by atoms with E-state index in [-0.39, 0.29) is 5.56 Å². The molecule has 1 aliphatic rings. The zero-order valence-electron chi connectivity index (χ0n) is 11.8. The fourth-order valence-corrected chi connectivity index (χ4v) is 2.24. The van der Waals surface area contributed by atoms with Gasteiger partial charge in [-0.15, -0.1) is 0 Å². The van der Waals surface area contributed by atoms with Gasteiger partial charge in [0.1, 0.15) is 17.5 Å². The molecular weight excluding hydrogens is 342 g/mol. The van der Waals surface area contributed by atoms with Crippen molar-refractivity contribution >= 4 is 5.57 Å². The average Bonchev–Trinajstić information content (AvgIpc) is 2.38. The Bertz CT molecular complexity index is 719. The number of alkyl halides is 6. The van der Waals surface area contributed by atoms with Crippen LogP contribution in [0.25, 0.3) is 5.57 Å². The number of aliphatic hydroxyl groups is 1. The van der Waals surface area contributed by atoms with Crippen LogP contribution in [0, 0.1) is 0 Å². The van der Waals surface area contributed by atoms with Crippen molar-refractivity contribution in [1.82, 2.24) is 0 Å². The van der Waals surface area contributed by atoms with E-state index in [0.29, 0.717) is 18.2 Å². The number of phenols is 1.